The molecule has 3 rings (SSSR count). The number of nitrogens with one attached hydrogen (secondary N) is 1. The van der Waals surface area contributed by atoms with Crippen LogP contribution < -0.4 is 5.32 Å². The summed E-state index contributed by atoms with van der Waals surface area (Å²) in [6, 6.07) is 0. The van der Waals surface area contributed by atoms with Crippen LogP contribution in [0.2, 0.25) is 0 Å². The molecule has 0 aromatic carbocycles. The highest BCUT2D eigenvalue weighted by Gasteiger charge is 2.42. The molecule has 2 heterocycles. The van der Waals surface area contributed by atoms with E-state index in [1.54, 1.807) is 0 Å². The number of nitrogens with zero attached hydrogens (tertiary/aromatic N) is 2. The fraction of sp³-hybridized carbons (Fsp3) is 0.941. The SMILES string of the molecule is CCNC(=NCC1(C)CCCC1)N1CCC2(CCOC2)C1. The molecule has 4 heteroatoms. The smallest absolute Gasteiger partial charge is 0.193 e. The summed E-state index contributed by atoms with van der Waals surface area (Å²) in [5.41, 5.74) is 0.849. The number of hydrogen-bond acceptors (Lipinski definition) is 2. The highest BCUT2D eigenvalue weighted by molar-refractivity contribution is 5.80. The lowest BCUT2D eigenvalue weighted by Crippen LogP contribution is -2.42. The van der Waals surface area contributed by atoms with Crippen molar-refractivity contribution < 1.29 is 4.74 Å². The van der Waals surface area contributed by atoms with Crippen molar-refractivity contribution in [1.82, 2.24) is 10.2 Å². The van der Waals surface area contributed by atoms with Gasteiger partial charge in [-0.3, -0.25) is 4.99 Å². The van der Waals surface area contributed by atoms with Crippen molar-refractivity contribution in [2.75, 3.05) is 39.4 Å². The van der Waals surface area contributed by atoms with E-state index < -0.39 is 0 Å². The van der Waals surface area contributed by atoms with Gasteiger partial charge in [0.25, 0.3) is 0 Å². The quantitative estimate of drug-likeness (QED) is 0.642. The molecule has 0 amide bonds. The number of likely N-dealkylation sites (tertiary alicyclic amines) is 1. The van der Waals surface area contributed by atoms with Gasteiger partial charge in [-0.05, 0) is 38.0 Å². The van der Waals surface area contributed by atoms with Crippen LogP contribution in [0.1, 0.15) is 52.4 Å². The molecule has 3 fully saturated rings. The summed E-state index contributed by atoms with van der Waals surface area (Å²) in [5, 5.41) is 3.51. The summed E-state index contributed by atoms with van der Waals surface area (Å²) in [5.74, 6) is 1.13. The van der Waals surface area contributed by atoms with E-state index in [1.807, 2.05) is 0 Å². The minimum Gasteiger partial charge on any atom is -0.381 e. The summed E-state index contributed by atoms with van der Waals surface area (Å²) in [6.45, 7) is 10.6. The highest BCUT2D eigenvalue weighted by Crippen LogP contribution is 2.39. The molecule has 0 aromatic heterocycles. The molecule has 0 aromatic rings. The zero-order valence-corrected chi connectivity index (χ0v) is 13.8. The van der Waals surface area contributed by atoms with Crippen LogP contribution >= 0.6 is 0 Å². The van der Waals surface area contributed by atoms with Crippen molar-refractivity contribution in [1.29, 1.82) is 0 Å². The Morgan fingerprint density at radius 3 is 2.71 bits per heavy atom. The molecule has 1 N–H and O–H groups in total. The molecule has 0 bridgehead atoms. The Morgan fingerprint density at radius 2 is 2.05 bits per heavy atom. The minimum absolute atomic E-state index is 0.410. The van der Waals surface area contributed by atoms with E-state index in [2.05, 4.69) is 24.1 Å². The predicted molar refractivity (Wildman–Crippen MR) is 86.6 cm³/mol. The zero-order chi connectivity index (χ0) is 14.8. The van der Waals surface area contributed by atoms with Crippen LogP contribution in [-0.2, 0) is 4.74 Å². The van der Waals surface area contributed by atoms with Crippen LogP contribution in [0.25, 0.3) is 0 Å². The third kappa shape index (κ3) is 3.36. The van der Waals surface area contributed by atoms with Crippen LogP contribution in [0, 0.1) is 10.8 Å². The normalized spacial score (nSPS) is 32.3. The number of aliphatic imine (C=N–C) groups is 1. The number of guanidine groups is 1. The first-order valence-corrected chi connectivity index (χ1v) is 8.76. The second-order valence-electron chi connectivity index (χ2n) is 7.66. The van der Waals surface area contributed by atoms with Crippen LogP contribution in [-0.4, -0.2) is 50.3 Å². The minimum atomic E-state index is 0.410. The molecule has 1 spiro atoms. The van der Waals surface area contributed by atoms with Crippen LogP contribution in [0.5, 0.6) is 0 Å². The van der Waals surface area contributed by atoms with Crippen molar-refractivity contribution in [3.8, 4) is 0 Å². The Hall–Kier alpha value is -0.770. The predicted octanol–water partition coefficient (Wildman–Crippen LogP) is 2.64. The molecule has 2 saturated heterocycles. The van der Waals surface area contributed by atoms with Crippen LogP contribution in [0.15, 0.2) is 4.99 Å². The van der Waals surface area contributed by atoms with E-state index in [4.69, 9.17) is 9.73 Å². The lowest BCUT2D eigenvalue weighted by atomic mass is 9.87. The van der Waals surface area contributed by atoms with Gasteiger partial charge in [0.15, 0.2) is 5.96 Å². The van der Waals surface area contributed by atoms with Gasteiger partial charge in [-0.25, -0.2) is 0 Å². The lowest BCUT2D eigenvalue weighted by Gasteiger charge is -2.27. The summed E-state index contributed by atoms with van der Waals surface area (Å²) in [6.07, 6.45) is 7.93. The van der Waals surface area contributed by atoms with Gasteiger partial charge >= 0.3 is 0 Å². The third-order valence-corrected chi connectivity index (χ3v) is 5.68. The van der Waals surface area contributed by atoms with Crippen molar-refractivity contribution >= 4 is 5.96 Å². The lowest BCUT2D eigenvalue weighted by molar-refractivity contribution is 0.156. The number of rotatable bonds is 3. The fourth-order valence-corrected chi connectivity index (χ4v) is 4.17. The van der Waals surface area contributed by atoms with Crippen molar-refractivity contribution in [2.24, 2.45) is 15.8 Å². The van der Waals surface area contributed by atoms with E-state index in [-0.39, 0.29) is 0 Å². The van der Waals surface area contributed by atoms with E-state index in [9.17, 15) is 0 Å². The van der Waals surface area contributed by atoms with Gasteiger partial charge in [0, 0.05) is 38.2 Å². The molecule has 1 unspecified atom stereocenters. The van der Waals surface area contributed by atoms with Gasteiger partial charge in [-0.15, -0.1) is 0 Å². The first-order chi connectivity index (χ1) is 10.1. The van der Waals surface area contributed by atoms with Gasteiger partial charge in [0.1, 0.15) is 0 Å². The molecule has 4 nitrogen and oxygen atoms in total. The van der Waals surface area contributed by atoms with Gasteiger partial charge in [-0.1, -0.05) is 19.8 Å². The maximum absolute atomic E-state index is 5.64. The highest BCUT2D eigenvalue weighted by atomic mass is 16.5. The first kappa shape index (κ1) is 15.1. The Bertz CT molecular complexity index is 381. The molecule has 0 radical (unpaired) electrons. The molecule has 2 aliphatic heterocycles. The Balaban J connectivity index is 1.64. The zero-order valence-electron chi connectivity index (χ0n) is 13.8. The van der Waals surface area contributed by atoms with Gasteiger partial charge in [0.05, 0.1) is 6.61 Å². The molecule has 3 aliphatic rings. The molecule has 21 heavy (non-hydrogen) atoms. The molecule has 1 aliphatic carbocycles. The molecule has 120 valence electrons. The monoisotopic (exact) mass is 293 g/mol. The van der Waals surface area contributed by atoms with Crippen LogP contribution in [0.3, 0.4) is 0 Å². The standard InChI is InChI=1S/C17H31N3O/c1-3-18-15(19-12-16(2)6-4-5-7-16)20-10-8-17(13-20)9-11-21-14-17/h3-14H2,1-2H3,(H,18,19). The van der Waals surface area contributed by atoms with Crippen molar-refractivity contribution in [2.45, 2.75) is 52.4 Å². The van der Waals surface area contributed by atoms with Crippen molar-refractivity contribution in [3.63, 3.8) is 0 Å². The fourth-order valence-electron chi connectivity index (χ4n) is 4.17. The second kappa shape index (κ2) is 6.15. The van der Waals surface area contributed by atoms with Gasteiger partial charge < -0.3 is 15.0 Å². The topological polar surface area (TPSA) is 36.9 Å². The maximum atomic E-state index is 5.64. The number of hydrogen-bond donors (Lipinski definition) is 1. The largest absolute Gasteiger partial charge is 0.381 e. The Kier molecular flexibility index (Phi) is 4.43. The summed E-state index contributed by atoms with van der Waals surface area (Å²) >= 11 is 0. The Morgan fingerprint density at radius 1 is 1.24 bits per heavy atom. The summed E-state index contributed by atoms with van der Waals surface area (Å²) in [7, 11) is 0. The van der Waals surface area contributed by atoms with Gasteiger partial charge in [0.2, 0.25) is 0 Å². The summed E-state index contributed by atoms with van der Waals surface area (Å²) in [4.78, 5) is 7.46. The first-order valence-electron chi connectivity index (χ1n) is 8.76. The van der Waals surface area contributed by atoms with E-state index >= 15 is 0 Å². The average Bonchev–Trinajstić information content (AvgIpc) is 3.19. The van der Waals surface area contributed by atoms with Crippen LogP contribution in [0.4, 0.5) is 0 Å². The second-order valence-corrected chi connectivity index (χ2v) is 7.66. The van der Waals surface area contributed by atoms with E-state index in [0.29, 0.717) is 10.8 Å². The summed E-state index contributed by atoms with van der Waals surface area (Å²) < 4.78 is 5.64. The maximum Gasteiger partial charge on any atom is 0.193 e. The van der Waals surface area contributed by atoms with Crippen molar-refractivity contribution in [3.05, 3.63) is 0 Å². The number of ether oxygens (including phenoxy) is 1. The van der Waals surface area contributed by atoms with Gasteiger partial charge in [-0.2, -0.15) is 0 Å². The van der Waals surface area contributed by atoms with E-state index in [1.165, 1.54) is 38.5 Å². The molecular weight excluding hydrogens is 262 g/mol. The Labute approximate surface area is 129 Å². The molecular formula is C17H31N3O. The van der Waals surface area contributed by atoms with E-state index in [0.717, 1.165) is 45.4 Å². The molecule has 1 saturated carbocycles. The molecule has 1 atom stereocenters. The third-order valence-electron chi connectivity index (χ3n) is 5.68. The average molecular weight is 293 g/mol.